The van der Waals surface area contributed by atoms with Gasteiger partial charge in [-0.2, -0.15) is 5.26 Å². The second-order valence-electron chi connectivity index (χ2n) is 2.90. The van der Waals surface area contributed by atoms with Gasteiger partial charge in [-0.15, -0.1) is 0 Å². The van der Waals surface area contributed by atoms with Gasteiger partial charge in [-0.1, -0.05) is 18.2 Å². The van der Waals surface area contributed by atoms with Crippen molar-refractivity contribution in [1.82, 2.24) is 4.98 Å². The van der Waals surface area contributed by atoms with Crippen LogP contribution in [0.2, 0.25) is 0 Å². The second kappa shape index (κ2) is 3.35. The molecule has 0 aliphatic heterocycles. The average Bonchev–Trinajstić information content (AvgIpc) is 2.27. The van der Waals surface area contributed by atoms with Crippen molar-refractivity contribution in [2.75, 3.05) is 0 Å². The van der Waals surface area contributed by atoms with Crippen LogP contribution in [0, 0.1) is 21.4 Å². The summed E-state index contributed by atoms with van der Waals surface area (Å²) in [5.41, 5.74) is 0.390. The third-order valence-electron chi connectivity index (χ3n) is 2.06. The molecule has 1 heterocycles. The minimum absolute atomic E-state index is 0.0607. The molecule has 2 aromatic rings. The Hall–Kier alpha value is -2.48. The van der Waals surface area contributed by atoms with Crippen LogP contribution in [-0.2, 0) is 0 Å². The molecule has 72 valence electrons. The van der Waals surface area contributed by atoms with Gasteiger partial charge in [0.25, 0.3) is 0 Å². The lowest BCUT2D eigenvalue weighted by Gasteiger charge is -1.99. The number of fused-ring (bicyclic) bond motifs is 1. The molecule has 5 nitrogen and oxygen atoms in total. The Morgan fingerprint density at radius 3 is 2.80 bits per heavy atom. The number of aromatic nitrogens is 1. The molecule has 0 amide bonds. The van der Waals surface area contributed by atoms with Gasteiger partial charge in [0.1, 0.15) is 17.8 Å². The van der Waals surface area contributed by atoms with E-state index in [9.17, 15) is 10.1 Å². The molecule has 0 aliphatic rings. The highest BCUT2D eigenvalue weighted by atomic mass is 16.6. The Balaban J connectivity index is 2.89. The standard InChI is InChI=1S/C10H5N3O2/c11-5-8-7-3-1-2-4-9(7)12-6-10(8)13(14)15/h1-4,6H. The molecule has 0 N–H and O–H groups in total. The zero-order valence-corrected chi connectivity index (χ0v) is 7.54. The van der Waals surface area contributed by atoms with Crippen molar-refractivity contribution in [2.24, 2.45) is 0 Å². The molecule has 15 heavy (non-hydrogen) atoms. The SMILES string of the molecule is N#Cc1c([N+](=O)[O-])cnc2ccccc12. The first-order chi connectivity index (χ1) is 7.24. The van der Waals surface area contributed by atoms with Gasteiger partial charge in [0.05, 0.1) is 10.4 Å². The van der Waals surface area contributed by atoms with Crippen molar-refractivity contribution < 1.29 is 4.92 Å². The topological polar surface area (TPSA) is 79.8 Å². The lowest BCUT2D eigenvalue weighted by Crippen LogP contribution is -1.94. The molecule has 0 bridgehead atoms. The van der Waals surface area contributed by atoms with Gasteiger partial charge in [-0.05, 0) is 6.07 Å². The van der Waals surface area contributed by atoms with E-state index in [2.05, 4.69) is 4.98 Å². The van der Waals surface area contributed by atoms with Crippen LogP contribution in [0.4, 0.5) is 5.69 Å². The summed E-state index contributed by atoms with van der Waals surface area (Å²) in [5.74, 6) is 0. The van der Waals surface area contributed by atoms with Crippen LogP contribution in [0.25, 0.3) is 10.9 Å². The predicted octanol–water partition coefficient (Wildman–Crippen LogP) is 2.01. The van der Waals surface area contributed by atoms with Crippen LogP contribution < -0.4 is 0 Å². The van der Waals surface area contributed by atoms with Crippen molar-refractivity contribution in [1.29, 1.82) is 5.26 Å². The molecule has 0 spiro atoms. The highest BCUT2D eigenvalue weighted by molar-refractivity contribution is 5.87. The first kappa shape index (κ1) is 9.09. The van der Waals surface area contributed by atoms with Crippen LogP contribution >= 0.6 is 0 Å². The Morgan fingerprint density at radius 1 is 1.40 bits per heavy atom. The second-order valence-corrected chi connectivity index (χ2v) is 2.90. The maximum Gasteiger partial charge on any atom is 0.305 e. The summed E-state index contributed by atoms with van der Waals surface area (Å²) >= 11 is 0. The normalized spacial score (nSPS) is 9.80. The summed E-state index contributed by atoms with van der Waals surface area (Å²) < 4.78 is 0. The lowest BCUT2D eigenvalue weighted by atomic mass is 10.1. The van der Waals surface area contributed by atoms with Crippen LogP contribution in [0.3, 0.4) is 0 Å². The molecule has 1 aromatic carbocycles. The molecular formula is C10H5N3O2. The fourth-order valence-corrected chi connectivity index (χ4v) is 1.39. The van der Waals surface area contributed by atoms with Gasteiger partial charge in [-0.25, -0.2) is 4.98 Å². The van der Waals surface area contributed by atoms with E-state index < -0.39 is 4.92 Å². The highest BCUT2D eigenvalue weighted by Gasteiger charge is 2.16. The van der Waals surface area contributed by atoms with Crippen molar-refractivity contribution >= 4 is 16.6 Å². The zero-order valence-electron chi connectivity index (χ0n) is 7.54. The fraction of sp³-hybridized carbons (Fsp3) is 0. The molecule has 0 atom stereocenters. The Bertz CT molecular complexity index is 587. The van der Waals surface area contributed by atoms with E-state index in [0.717, 1.165) is 6.20 Å². The molecule has 0 saturated carbocycles. The average molecular weight is 199 g/mol. The summed E-state index contributed by atoms with van der Waals surface area (Å²) in [4.78, 5) is 14.0. The molecule has 2 rings (SSSR count). The summed E-state index contributed by atoms with van der Waals surface area (Å²) in [7, 11) is 0. The molecule has 0 radical (unpaired) electrons. The number of hydrogen-bond donors (Lipinski definition) is 0. The minimum Gasteiger partial charge on any atom is -0.258 e. The highest BCUT2D eigenvalue weighted by Crippen LogP contribution is 2.24. The van der Waals surface area contributed by atoms with Crippen molar-refractivity contribution in [2.45, 2.75) is 0 Å². The first-order valence-corrected chi connectivity index (χ1v) is 4.16. The van der Waals surface area contributed by atoms with Gasteiger partial charge in [-0.3, -0.25) is 10.1 Å². The van der Waals surface area contributed by atoms with Crippen molar-refractivity contribution in [3.63, 3.8) is 0 Å². The summed E-state index contributed by atoms with van der Waals surface area (Å²) in [6.45, 7) is 0. The zero-order chi connectivity index (χ0) is 10.8. The Kier molecular flexibility index (Phi) is 2.03. The van der Waals surface area contributed by atoms with E-state index in [1.54, 1.807) is 24.3 Å². The lowest BCUT2D eigenvalue weighted by molar-refractivity contribution is -0.385. The molecule has 1 aromatic heterocycles. The van der Waals surface area contributed by atoms with E-state index in [0.29, 0.717) is 10.9 Å². The minimum atomic E-state index is -0.599. The van der Waals surface area contributed by atoms with E-state index in [1.807, 2.05) is 6.07 Å². The van der Waals surface area contributed by atoms with E-state index in [-0.39, 0.29) is 11.3 Å². The van der Waals surface area contributed by atoms with Gasteiger partial charge < -0.3 is 0 Å². The van der Waals surface area contributed by atoms with E-state index >= 15 is 0 Å². The van der Waals surface area contributed by atoms with Crippen LogP contribution in [-0.4, -0.2) is 9.91 Å². The summed E-state index contributed by atoms with van der Waals surface area (Å²) in [6.07, 6.45) is 1.11. The quantitative estimate of drug-likeness (QED) is 0.519. The van der Waals surface area contributed by atoms with Gasteiger partial charge in [0.2, 0.25) is 0 Å². The number of para-hydroxylation sites is 1. The fourth-order valence-electron chi connectivity index (χ4n) is 1.39. The predicted molar refractivity (Wildman–Crippen MR) is 53.1 cm³/mol. The number of rotatable bonds is 1. The molecule has 0 unspecified atom stereocenters. The monoisotopic (exact) mass is 199 g/mol. The molecule has 5 heteroatoms. The number of nitro groups is 1. The first-order valence-electron chi connectivity index (χ1n) is 4.16. The summed E-state index contributed by atoms with van der Waals surface area (Å²) in [5, 5.41) is 20.0. The van der Waals surface area contributed by atoms with Crippen LogP contribution in [0.1, 0.15) is 5.56 Å². The van der Waals surface area contributed by atoms with Crippen LogP contribution in [0.5, 0.6) is 0 Å². The third kappa shape index (κ3) is 1.38. The molecule has 0 saturated heterocycles. The van der Waals surface area contributed by atoms with Gasteiger partial charge in [0.15, 0.2) is 0 Å². The van der Waals surface area contributed by atoms with Gasteiger partial charge >= 0.3 is 5.69 Å². The van der Waals surface area contributed by atoms with Crippen molar-refractivity contribution in [3.8, 4) is 6.07 Å². The number of pyridine rings is 1. The van der Waals surface area contributed by atoms with Crippen molar-refractivity contribution in [3.05, 3.63) is 46.1 Å². The Labute approximate surface area is 84.7 Å². The third-order valence-corrected chi connectivity index (χ3v) is 2.06. The van der Waals surface area contributed by atoms with E-state index in [1.165, 1.54) is 0 Å². The maximum absolute atomic E-state index is 10.6. The van der Waals surface area contributed by atoms with Crippen LogP contribution in [0.15, 0.2) is 30.5 Å². The molecule has 0 fully saturated rings. The molecular weight excluding hydrogens is 194 g/mol. The Morgan fingerprint density at radius 2 is 2.13 bits per heavy atom. The van der Waals surface area contributed by atoms with E-state index in [4.69, 9.17) is 5.26 Å². The maximum atomic E-state index is 10.6. The largest absolute Gasteiger partial charge is 0.305 e. The van der Waals surface area contributed by atoms with Gasteiger partial charge in [0, 0.05) is 5.39 Å². The molecule has 0 aliphatic carbocycles. The number of hydrogen-bond acceptors (Lipinski definition) is 4. The number of nitriles is 1. The number of nitrogens with zero attached hydrogens (tertiary/aromatic N) is 3. The number of benzene rings is 1. The smallest absolute Gasteiger partial charge is 0.258 e. The summed E-state index contributed by atoms with van der Waals surface area (Å²) in [6, 6.07) is 8.68.